The van der Waals surface area contributed by atoms with Crippen molar-refractivity contribution in [3.05, 3.63) is 97.6 Å². The van der Waals surface area contributed by atoms with Crippen molar-refractivity contribution in [1.82, 2.24) is 0 Å². The molecule has 0 aromatic heterocycles. The fraction of sp³-hybridized carbons (Fsp3) is 0.323. The van der Waals surface area contributed by atoms with Crippen LogP contribution in [-0.4, -0.2) is 51.0 Å². The lowest BCUT2D eigenvalue weighted by molar-refractivity contribution is -0.0480. The minimum absolute atomic E-state index is 0.0664. The largest absolute Gasteiger partial charge is 0.407 e. The number of hydrogen-bond acceptors (Lipinski definition) is 4. The second-order valence-corrected chi connectivity index (χ2v) is 19.4. The van der Waals surface area contributed by atoms with Crippen molar-refractivity contribution in [2.75, 3.05) is 6.61 Å². The summed E-state index contributed by atoms with van der Waals surface area (Å²) in [5.74, 6) is 3.27. The van der Waals surface area contributed by atoms with Crippen LogP contribution in [0.4, 0.5) is 0 Å². The van der Waals surface area contributed by atoms with Gasteiger partial charge in [-0.2, -0.15) is 0 Å². The van der Waals surface area contributed by atoms with Gasteiger partial charge in [-0.1, -0.05) is 118 Å². The first-order valence-electron chi connectivity index (χ1n) is 12.8. The Balaban J connectivity index is 1.93. The van der Waals surface area contributed by atoms with Gasteiger partial charge in [0.2, 0.25) is 8.07 Å². The molecule has 4 nitrogen and oxygen atoms in total. The van der Waals surface area contributed by atoms with Crippen LogP contribution < -0.4 is 15.6 Å². The summed E-state index contributed by atoms with van der Waals surface area (Å²) < 4.78 is 12.4. The standard InChI is InChI=1S/C31H37O4Si2/c1-30(2,3)36(4,5)35-29-24-34-28(23-32)31(29,33)21-22-37(25-15-9-6-10-16-25,26-17-11-7-12-18-26)27-19-13-8-14-20-27/h6-20,24,28-29,32-33H,23H2,1-5H3/t28-,29+,31-/m1/s1. The van der Waals surface area contributed by atoms with Crippen LogP contribution in [0.2, 0.25) is 18.1 Å². The second kappa shape index (κ2) is 10.7. The summed E-state index contributed by atoms with van der Waals surface area (Å²) in [4.78, 5) is 0. The van der Waals surface area contributed by atoms with E-state index in [9.17, 15) is 10.2 Å². The fourth-order valence-corrected chi connectivity index (χ4v) is 9.60. The molecule has 1 fully saturated rings. The first kappa shape index (κ1) is 27.5. The first-order chi connectivity index (χ1) is 17.5. The van der Waals surface area contributed by atoms with Crippen LogP contribution in [0.5, 0.6) is 0 Å². The number of aliphatic hydroxyl groups excluding tert-OH is 1. The third kappa shape index (κ3) is 5.26. The molecule has 0 aliphatic carbocycles. The normalized spacial score (nSPS) is 22.4. The van der Waals surface area contributed by atoms with Crippen LogP contribution >= 0.6 is 0 Å². The van der Waals surface area contributed by atoms with E-state index in [1.54, 1.807) is 0 Å². The summed E-state index contributed by atoms with van der Waals surface area (Å²) in [5.41, 5.74) is 1.95. The molecule has 1 aliphatic heterocycles. The number of rotatable bonds is 6. The molecule has 3 aromatic carbocycles. The molecule has 193 valence electrons. The highest BCUT2D eigenvalue weighted by atomic mass is 28.4. The average Bonchev–Trinajstić information content (AvgIpc) is 3.20. The van der Waals surface area contributed by atoms with Crippen LogP contribution in [0.1, 0.15) is 20.8 Å². The van der Waals surface area contributed by atoms with Crippen LogP contribution in [0.15, 0.2) is 91.0 Å². The molecule has 1 radical (unpaired) electrons. The van der Waals surface area contributed by atoms with E-state index in [0.29, 0.717) is 0 Å². The van der Waals surface area contributed by atoms with E-state index in [4.69, 9.17) is 9.16 Å². The molecular weight excluding hydrogens is 493 g/mol. The highest BCUT2D eigenvalue weighted by Gasteiger charge is 2.54. The van der Waals surface area contributed by atoms with Gasteiger partial charge >= 0.3 is 0 Å². The summed E-state index contributed by atoms with van der Waals surface area (Å²) in [7, 11) is -5.20. The Morgan fingerprint density at radius 2 is 1.27 bits per heavy atom. The Kier molecular flexibility index (Phi) is 7.96. The number of benzene rings is 3. The third-order valence-electron chi connectivity index (χ3n) is 7.76. The van der Waals surface area contributed by atoms with Gasteiger partial charge in [0.05, 0.1) is 6.61 Å². The van der Waals surface area contributed by atoms with E-state index in [0.717, 1.165) is 15.6 Å². The molecule has 0 bridgehead atoms. The molecule has 2 N–H and O–H groups in total. The van der Waals surface area contributed by atoms with Crippen LogP contribution in [0.3, 0.4) is 0 Å². The van der Waals surface area contributed by atoms with Gasteiger partial charge in [-0.05, 0) is 33.7 Å². The molecule has 0 spiro atoms. The molecule has 3 aromatic rings. The lowest BCUT2D eigenvalue weighted by Crippen LogP contribution is -2.67. The lowest BCUT2D eigenvalue weighted by Gasteiger charge is -2.40. The molecule has 1 heterocycles. The van der Waals surface area contributed by atoms with Crippen molar-refractivity contribution in [2.45, 2.75) is 56.7 Å². The van der Waals surface area contributed by atoms with E-state index in [1.165, 1.54) is 6.61 Å². The van der Waals surface area contributed by atoms with Gasteiger partial charge in [0, 0.05) is 0 Å². The Bertz CT molecular complexity index is 1130. The Morgan fingerprint density at radius 1 is 0.838 bits per heavy atom. The monoisotopic (exact) mass is 529 g/mol. The minimum Gasteiger partial charge on any atom is -0.407 e. The SMILES string of the molecule is CC(C)(C)[Si](C)(C)O[C@H]1[CH]O[C@H](CO)[C@]1(O)C#C[Si](c1ccccc1)(c1ccccc1)c1ccccc1. The van der Waals surface area contributed by atoms with Crippen LogP contribution in [0.25, 0.3) is 0 Å². The van der Waals surface area contributed by atoms with E-state index < -0.39 is 34.2 Å². The zero-order chi connectivity index (χ0) is 26.7. The maximum atomic E-state index is 12.1. The van der Waals surface area contributed by atoms with Crippen molar-refractivity contribution in [2.24, 2.45) is 0 Å². The molecule has 1 saturated heterocycles. The van der Waals surface area contributed by atoms with Crippen molar-refractivity contribution in [3.8, 4) is 11.5 Å². The van der Waals surface area contributed by atoms with Gasteiger partial charge < -0.3 is 19.4 Å². The molecule has 4 rings (SSSR count). The summed E-state index contributed by atoms with van der Waals surface area (Å²) in [6, 6.07) is 30.9. The molecule has 0 amide bonds. The molecule has 0 unspecified atom stereocenters. The van der Waals surface area contributed by atoms with Crippen molar-refractivity contribution < 1.29 is 19.4 Å². The fourth-order valence-electron chi connectivity index (χ4n) is 4.48. The number of aliphatic hydroxyl groups is 2. The van der Waals surface area contributed by atoms with Gasteiger partial charge in [-0.3, -0.25) is 0 Å². The van der Waals surface area contributed by atoms with Crippen molar-refractivity contribution in [3.63, 3.8) is 0 Å². The maximum absolute atomic E-state index is 12.1. The van der Waals surface area contributed by atoms with E-state index in [2.05, 4.69) is 81.7 Å². The van der Waals surface area contributed by atoms with Crippen molar-refractivity contribution >= 4 is 32.0 Å². The Hall–Kier alpha value is -2.51. The molecular formula is C31H37O4Si2. The highest BCUT2D eigenvalue weighted by Crippen LogP contribution is 2.41. The Morgan fingerprint density at radius 3 is 1.65 bits per heavy atom. The summed E-state index contributed by atoms with van der Waals surface area (Å²) in [6.45, 7) is 11.9. The number of ether oxygens (including phenoxy) is 1. The van der Waals surface area contributed by atoms with Crippen LogP contribution in [-0.2, 0) is 9.16 Å². The predicted molar refractivity (Wildman–Crippen MR) is 155 cm³/mol. The maximum Gasteiger partial charge on any atom is 0.229 e. The van der Waals surface area contributed by atoms with Gasteiger partial charge in [0.25, 0.3) is 0 Å². The summed E-state index contributed by atoms with van der Waals surface area (Å²) in [6.07, 6.45) is -1.67. The molecule has 37 heavy (non-hydrogen) atoms. The van der Waals surface area contributed by atoms with E-state index in [-0.39, 0.29) is 11.6 Å². The van der Waals surface area contributed by atoms with Gasteiger partial charge in [-0.15, -0.1) is 5.54 Å². The van der Waals surface area contributed by atoms with Gasteiger partial charge in [-0.25, -0.2) is 0 Å². The summed E-state index contributed by atoms with van der Waals surface area (Å²) in [5, 5.41) is 25.5. The molecule has 6 heteroatoms. The molecule has 0 saturated carbocycles. The number of hydrogen-bond donors (Lipinski definition) is 2. The topological polar surface area (TPSA) is 58.9 Å². The highest BCUT2D eigenvalue weighted by molar-refractivity contribution is 7.16. The zero-order valence-electron chi connectivity index (χ0n) is 22.3. The second-order valence-electron chi connectivity index (χ2n) is 11.2. The van der Waals surface area contributed by atoms with E-state index >= 15 is 0 Å². The van der Waals surface area contributed by atoms with Crippen LogP contribution in [0, 0.1) is 18.1 Å². The predicted octanol–water partition coefficient (Wildman–Crippen LogP) is 3.37. The molecule has 3 atom stereocenters. The average molecular weight is 530 g/mol. The van der Waals surface area contributed by atoms with E-state index in [1.807, 2.05) is 54.6 Å². The summed E-state index contributed by atoms with van der Waals surface area (Å²) >= 11 is 0. The Labute approximate surface area is 223 Å². The lowest BCUT2D eigenvalue weighted by atomic mass is 9.95. The smallest absolute Gasteiger partial charge is 0.229 e. The zero-order valence-corrected chi connectivity index (χ0v) is 24.3. The minimum atomic E-state index is -2.92. The quantitative estimate of drug-likeness (QED) is 0.292. The van der Waals surface area contributed by atoms with Gasteiger partial charge in [0.15, 0.2) is 13.9 Å². The molecule has 1 aliphatic rings. The van der Waals surface area contributed by atoms with Crippen molar-refractivity contribution in [1.29, 1.82) is 0 Å². The first-order valence-corrected chi connectivity index (χ1v) is 17.7. The van der Waals surface area contributed by atoms with Gasteiger partial charge in [0.1, 0.15) is 18.8 Å². The third-order valence-corrected chi connectivity index (χ3v) is 16.3.